The average Bonchev–Trinajstić information content (AvgIpc) is 3.36. The van der Waals surface area contributed by atoms with E-state index in [4.69, 9.17) is 77.8 Å². The molecular weight excluding hydrogens is 965 g/mol. The van der Waals surface area contributed by atoms with Crippen LogP contribution < -0.4 is 22.1 Å². The molecule has 0 radical (unpaired) electrons. The van der Waals surface area contributed by atoms with E-state index < -0.39 is 48.5 Å². The van der Waals surface area contributed by atoms with Gasteiger partial charge in [-0.1, -0.05) is 13.8 Å². The predicted octanol–water partition coefficient (Wildman–Crippen LogP) is -1.66. The number of thioether (sulfide) groups is 1. The zero-order chi connectivity index (χ0) is 52.3. The Morgan fingerprint density at radius 1 is 0.521 bits per heavy atom. The number of ether oxygens (including phenoxy) is 14. The molecule has 7 N–H and O–H groups in total. The summed E-state index contributed by atoms with van der Waals surface area (Å²) in [7, 11) is 0. The summed E-state index contributed by atoms with van der Waals surface area (Å²) in [6, 6.07) is -2.10. The minimum atomic E-state index is -1.10. The molecule has 0 unspecified atom stereocenters. The summed E-state index contributed by atoms with van der Waals surface area (Å²) < 4.78 is 75.8. The SMILES string of the molecule is CCC(=O)OC[C@H](CSC[C@H](N)C(=O)N[C@@H](CO)C(=O)CCCOCCOCCOCCOCCOCCOCCOCCOCCOCCOCCOCCOCCC(=O)NCC(N)=O)OC(=O)CC. The third-order valence-electron chi connectivity index (χ3n) is 8.87. The van der Waals surface area contributed by atoms with Crippen molar-refractivity contribution in [3.05, 3.63) is 0 Å². The fraction of sp³-hybridized carbons (Fsp3) is 0.867. The highest BCUT2D eigenvalue weighted by molar-refractivity contribution is 7.99. The van der Waals surface area contributed by atoms with Gasteiger partial charge in [0.25, 0.3) is 0 Å². The number of esters is 2. The molecule has 0 aliphatic heterocycles. The van der Waals surface area contributed by atoms with Crippen molar-refractivity contribution in [1.82, 2.24) is 10.6 Å². The number of aliphatic hydroxyl groups is 1. The number of hydrogen-bond donors (Lipinski definition) is 5. The number of ketones is 1. The third-order valence-corrected chi connectivity index (χ3v) is 10.1. The van der Waals surface area contributed by atoms with Crippen LogP contribution in [0.3, 0.4) is 0 Å². The Labute approximate surface area is 422 Å². The monoisotopic (exact) mass is 1050 g/mol. The van der Waals surface area contributed by atoms with Gasteiger partial charge >= 0.3 is 11.9 Å². The van der Waals surface area contributed by atoms with Crippen molar-refractivity contribution >= 4 is 47.2 Å². The number of amides is 3. The third kappa shape index (κ3) is 47.6. The Bertz CT molecular complexity index is 1330. The second kappa shape index (κ2) is 51.7. The first-order chi connectivity index (χ1) is 34.5. The lowest BCUT2D eigenvalue weighted by atomic mass is 10.1. The van der Waals surface area contributed by atoms with E-state index in [-0.39, 0.29) is 68.6 Å². The van der Waals surface area contributed by atoms with Crippen molar-refractivity contribution in [3.8, 4) is 0 Å². The van der Waals surface area contributed by atoms with Crippen molar-refractivity contribution in [2.75, 3.05) is 190 Å². The van der Waals surface area contributed by atoms with Crippen LogP contribution in [0.2, 0.25) is 0 Å². The number of carbonyl (C=O) groups excluding carboxylic acids is 6. The molecule has 0 saturated carbocycles. The van der Waals surface area contributed by atoms with Gasteiger partial charge in [-0.3, -0.25) is 28.8 Å². The highest BCUT2D eigenvalue weighted by atomic mass is 32.2. The zero-order valence-corrected chi connectivity index (χ0v) is 42.8. The molecule has 0 bridgehead atoms. The van der Waals surface area contributed by atoms with E-state index in [1.165, 1.54) is 11.8 Å². The molecule has 0 saturated heterocycles. The number of aliphatic hydroxyl groups excluding tert-OH is 1. The van der Waals surface area contributed by atoms with Crippen LogP contribution in [0.4, 0.5) is 0 Å². The van der Waals surface area contributed by atoms with Gasteiger partial charge in [-0.25, -0.2) is 0 Å². The molecule has 25 nitrogen and oxygen atoms in total. The molecule has 416 valence electrons. The average molecular weight is 1050 g/mol. The topological polar surface area (TPSA) is 328 Å². The van der Waals surface area contributed by atoms with Crippen LogP contribution in [0.25, 0.3) is 0 Å². The van der Waals surface area contributed by atoms with Crippen LogP contribution in [0.5, 0.6) is 0 Å². The van der Waals surface area contributed by atoms with E-state index in [1.54, 1.807) is 13.8 Å². The van der Waals surface area contributed by atoms with E-state index in [9.17, 15) is 33.9 Å². The fourth-order valence-corrected chi connectivity index (χ4v) is 6.03. The van der Waals surface area contributed by atoms with Crippen LogP contribution in [0.15, 0.2) is 0 Å². The normalized spacial score (nSPS) is 12.6. The van der Waals surface area contributed by atoms with Gasteiger partial charge in [-0.2, -0.15) is 11.8 Å². The first kappa shape index (κ1) is 67.8. The second-order valence-corrected chi connectivity index (χ2v) is 15.9. The van der Waals surface area contributed by atoms with Crippen LogP contribution in [0.1, 0.15) is 46.0 Å². The van der Waals surface area contributed by atoms with Gasteiger partial charge in [0.15, 0.2) is 5.78 Å². The molecule has 0 aliphatic rings. The molecule has 0 aliphatic carbocycles. The van der Waals surface area contributed by atoms with Crippen LogP contribution in [-0.4, -0.2) is 249 Å². The highest BCUT2D eigenvalue weighted by Gasteiger charge is 2.24. The van der Waals surface area contributed by atoms with E-state index in [2.05, 4.69) is 10.6 Å². The minimum Gasteiger partial charge on any atom is -0.462 e. The Morgan fingerprint density at radius 2 is 0.901 bits per heavy atom. The van der Waals surface area contributed by atoms with Gasteiger partial charge < -0.3 is 93.5 Å². The van der Waals surface area contributed by atoms with Gasteiger partial charge in [0.1, 0.15) is 18.8 Å². The summed E-state index contributed by atoms with van der Waals surface area (Å²) in [5.74, 6) is -2.35. The summed E-state index contributed by atoms with van der Waals surface area (Å²) in [6.07, 6.45) is 0.259. The van der Waals surface area contributed by atoms with Gasteiger partial charge in [0, 0.05) is 43.8 Å². The zero-order valence-electron chi connectivity index (χ0n) is 41.9. The van der Waals surface area contributed by atoms with Crippen molar-refractivity contribution in [2.45, 2.75) is 64.1 Å². The van der Waals surface area contributed by atoms with E-state index in [0.29, 0.717) is 158 Å². The van der Waals surface area contributed by atoms with Crippen molar-refractivity contribution in [3.63, 3.8) is 0 Å². The van der Waals surface area contributed by atoms with Crippen LogP contribution in [0, 0.1) is 0 Å². The standard InChI is InChI=1S/C45H84N4O21S/c1-3-43(54)69-34-37(70-44(55)4-2)35-71-36-38(46)45(56)49-39(33-50)40(51)6-5-8-57-10-12-59-14-16-61-18-20-63-22-24-65-26-28-67-30-31-68-29-27-66-25-23-64-21-19-62-17-15-60-13-11-58-9-7-42(53)48-32-41(47)52/h37-39,50H,3-36,46H2,1-2H3,(H2,47,52)(H,48,53)(H,49,56)/t37-,38+,39+/m1/s1. The lowest BCUT2D eigenvalue weighted by Crippen LogP contribution is -2.51. The number of Topliss-reactive ketones (excluding diaryl/α,β-unsaturated/α-hetero) is 1. The maximum atomic E-state index is 12.6. The maximum absolute atomic E-state index is 12.6. The van der Waals surface area contributed by atoms with Crippen molar-refractivity contribution in [2.24, 2.45) is 11.5 Å². The largest absolute Gasteiger partial charge is 0.462 e. The molecular formula is C45H84N4O21S. The lowest BCUT2D eigenvalue weighted by Gasteiger charge is -2.20. The first-order valence-electron chi connectivity index (χ1n) is 24.1. The summed E-state index contributed by atoms with van der Waals surface area (Å²) in [5, 5.41) is 14.6. The minimum absolute atomic E-state index is 0.0816. The first-order valence-corrected chi connectivity index (χ1v) is 25.3. The van der Waals surface area contributed by atoms with Crippen molar-refractivity contribution < 1.29 is 100 Å². The molecule has 0 rings (SSSR count). The number of nitrogens with two attached hydrogens (primary N) is 2. The number of primary amides is 1. The van der Waals surface area contributed by atoms with Crippen LogP contribution in [-0.2, 0) is 95.1 Å². The van der Waals surface area contributed by atoms with Gasteiger partial charge in [0.05, 0.1) is 171 Å². The lowest BCUT2D eigenvalue weighted by molar-refractivity contribution is -0.157. The summed E-state index contributed by atoms with van der Waals surface area (Å²) in [5.41, 5.74) is 10.9. The van der Waals surface area contributed by atoms with Gasteiger partial charge in [-0.05, 0) is 6.42 Å². The Balaban J connectivity index is 3.48. The summed E-state index contributed by atoms with van der Waals surface area (Å²) in [6.45, 7) is 12.1. The van der Waals surface area contributed by atoms with Crippen molar-refractivity contribution in [1.29, 1.82) is 0 Å². The molecule has 26 heteroatoms. The fourth-order valence-electron chi connectivity index (χ4n) is 5.06. The summed E-state index contributed by atoms with van der Waals surface area (Å²) in [4.78, 5) is 70.4. The summed E-state index contributed by atoms with van der Waals surface area (Å²) >= 11 is 1.23. The molecule has 0 spiro atoms. The Kier molecular flexibility index (Phi) is 49.4. The molecule has 0 aromatic rings. The number of rotatable bonds is 55. The molecule has 71 heavy (non-hydrogen) atoms. The molecule has 3 atom stereocenters. The second-order valence-electron chi connectivity index (χ2n) is 14.8. The van der Waals surface area contributed by atoms with Crippen LogP contribution >= 0.6 is 11.8 Å². The Morgan fingerprint density at radius 3 is 1.27 bits per heavy atom. The quantitative estimate of drug-likeness (QED) is 0.0336. The number of hydrogen-bond acceptors (Lipinski definition) is 23. The van der Waals surface area contributed by atoms with Gasteiger partial charge in [0.2, 0.25) is 17.7 Å². The maximum Gasteiger partial charge on any atom is 0.305 e. The van der Waals surface area contributed by atoms with E-state index in [1.807, 2.05) is 0 Å². The molecule has 3 amide bonds. The van der Waals surface area contributed by atoms with E-state index in [0.717, 1.165) is 0 Å². The number of nitrogens with one attached hydrogen (secondary N) is 2. The molecule has 0 heterocycles. The van der Waals surface area contributed by atoms with Gasteiger partial charge in [-0.15, -0.1) is 0 Å². The number of carbonyl (C=O) groups is 6. The predicted molar refractivity (Wildman–Crippen MR) is 257 cm³/mol. The molecule has 0 fully saturated rings. The molecule has 0 aromatic carbocycles. The Hall–Kier alpha value is -3.19. The molecule has 0 aromatic heterocycles. The smallest absolute Gasteiger partial charge is 0.305 e. The highest BCUT2D eigenvalue weighted by Crippen LogP contribution is 2.10. The van der Waals surface area contributed by atoms with E-state index >= 15 is 0 Å².